The third-order valence-corrected chi connectivity index (χ3v) is 4.08. The minimum absolute atomic E-state index is 0.135. The van der Waals surface area contributed by atoms with Crippen molar-refractivity contribution in [3.05, 3.63) is 29.8 Å². The largest absolute Gasteiger partial charge is 0.311 e. The van der Waals surface area contributed by atoms with Crippen LogP contribution in [-0.2, 0) is 11.2 Å². The van der Waals surface area contributed by atoms with Gasteiger partial charge in [-0.1, -0.05) is 32.0 Å². The van der Waals surface area contributed by atoms with Crippen LogP contribution < -0.4 is 4.90 Å². The van der Waals surface area contributed by atoms with Gasteiger partial charge < -0.3 is 4.90 Å². The van der Waals surface area contributed by atoms with Crippen LogP contribution in [0.3, 0.4) is 0 Å². The van der Waals surface area contributed by atoms with Crippen LogP contribution in [-0.4, -0.2) is 17.7 Å². The molecule has 1 unspecified atom stereocenters. The molecule has 1 aliphatic rings. The van der Waals surface area contributed by atoms with E-state index in [1.807, 2.05) is 36.9 Å². The molecule has 17 heavy (non-hydrogen) atoms. The average Bonchev–Trinajstić information content (AvgIpc) is 2.36. The predicted molar refractivity (Wildman–Crippen MR) is 74.7 cm³/mol. The molecule has 0 aromatic heterocycles. The molecule has 0 bridgehead atoms. The van der Waals surface area contributed by atoms with Crippen LogP contribution >= 0.6 is 12.6 Å². The van der Waals surface area contributed by atoms with Gasteiger partial charge >= 0.3 is 0 Å². The van der Waals surface area contributed by atoms with Gasteiger partial charge in [0.15, 0.2) is 0 Å². The first-order chi connectivity index (χ1) is 8.11. The van der Waals surface area contributed by atoms with E-state index < -0.39 is 0 Å². The lowest BCUT2D eigenvalue weighted by molar-refractivity contribution is -0.118. The van der Waals surface area contributed by atoms with E-state index in [1.165, 1.54) is 5.56 Å². The molecule has 92 valence electrons. The lowest BCUT2D eigenvalue weighted by atomic mass is 10.0. The monoisotopic (exact) mass is 249 g/mol. The van der Waals surface area contributed by atoms with Crippen molar-refractivity contribution >= 4 is 24.2 Å². The Labute approximate surface area is 108 Å². The van der Waals surface area contributed by atoms with Crippen LogP contribution in [0.4, 0.5) is 5.69 Å². The van der Waals surface area contributed by atoms with E-state index in [-0.39, 0.29) is 17.1 Å². The molecule has 0 saturated heterocycles. The van der Waals surface area contributed by atoms with Crippen molar-refractivity contribution in [3.63, 3.8) is 0 Å². The first kappa shape index (κ1) is 12.5. The van der Waals surface area contributed by atoms with Crippen LogP contribution in [0.25, 0.3) is 0 Å². The molecule has 3 heteroatoms. The number of carbonyl (C=O) groups is 1. The Morgan fingerprint density at radius 1 is 1.35 bits per heavy atom. The highest BCUT2D eigenvalue weighted by Crippen LogP contribution is 2.28. The summed E-state index contributed by atoms with van der Waals surface area (Å²) in [6, 6.07) is 8.17. The number of anilines is 1. The Morgan fingerprint density at radius 3 is 2.76 bits per heavy atom. The lowest BCUT2D eigenvalue weighted by Crippen LogP contribution is -2.42. The maximum Gasteiger partial charge on any atom is 0.240 e. The molecule has 1 aliphatic heterocycles. The Kier molecular flexibility index (Phi) is 3.77. The first-order valence-electron chi connectivity index (χ1n) is 6.18. The van der Waals surface area contributed by atoms with Crippen molar-refractivity contribution in [1.29, 1.82) is 0 Å². The highest BCUT2D eigenvalue weighted by atomic mass is 32.1. The second kappa shape index (κ2) is 5.13. The van der Waals surface area contributed by atoms with Gasteiger partial charge in [-0.3, -0.25) is 4.79 Å². The predicted octanol–water partition coefficient (Wildman–Crippen LogP) is 2.92. The maximum absolute atomic E-state index is 12.4. The van der Waals surface area contributed by atoms with Crippen molar-refractivity contribution < 1.29 is 4.79 Å². The Hall–Kier alpha value is -0.960. The van der Waals surface area contributed by atoms with Crippen molar-refractivity contribution in [2.75, 3.05) is 11.4 Å². The average molecular weight is 249 g/mol. The molecule has 1 atom stereocenters. The number of thiol groups is 1. The van der Waals surface area contributed by atoms with E-state index in [9.17, 15) is 4.79 Å². The van der Waals surface area contributed by atoms with E-state index in [1.54, 1.807) is 0 Å². The van der Waals surface area contributed by atoms with Crippen LogP contribution in [0.1, 0.15) is 25.8 Å². The number of carbonyl (C=O) groups excluding carboxylic acids is 1. The third kappa shape index (κ3) is 2.49. The number of amides is 1. The summed E-state index contributed by atoms with van der Waals surface area (Å²) in [5.41, 5.74) is 2.35. The second-order valence-corrected chi connectivity index (χ2v) is 5.47. The number of rotatable bonds is 2. The molecule has 1 aromatic carbocycles. The summed E-state index contributed by atoms with van der Waals surface area (Å²) in [7, 11) is 0. The number of aryl methyl sites for hydroxylation is 1. The van der Waals surface area contributed by atoms with Crippen LogP contribution in [0.5, 0.6) is 0 Å². The molecule has 2 rings (SSSR count). The normalized spacial score (nSPS) is 16.8. The highest BCUT2D eigenvalue weighted by Gasteiger charge is 2.27. The van der Waals surface area contributed by atoms with E-state index in [0.717, 1.165) is 25.1 Å². The topological polar surface area (TPSA) is 20.3 Å². The van der Waals surface area contributed by atoms with E-state index in [0.29, 0.717) is 0 Å². The lowest BCUT2D eigenvalue weighted by Gasteiger charge is -2.32. The Bertz CT molecular complexity index is 416. The molecule has 0 aliphatic carbocycles. The van der Waals surface area contributed by atoms with Gasteiger partial charge in [-0.25, -0.2) is 0 Å². The SMILES string of the molecule is CC(C)C(S)C(=O)N1CCCc2ccccc21. The van der Waals surface area contributed by atoms with Gasteiger partial charge in [-0.15, -0.1) is 0 Å². The molecule has 1 heterocycles. The van der Waals surface area contributed by atoms with Crippen molar-refractivity contribution in [2.24, 2.45) is 5.92 Å². The third-order valence-electron chi connectivity index (χ3n) is 3.26. The standard InChI is InChI=1S/C14H19NOS/c1-10(2)13(17)14(16)15-9-5-7-11-6-3-4-8-12(11)15/h3-4,6,8,10,13,17H,5,7,9H2,1-2H3. The van der Waals surface area contributed by atoms with Crippen LogP contribution in [0.2, 0.25) is 0 Å². The molecule has 1 amide bonds. The molecule has 0 saturated carbocycles. The van der Waals surface area contributed by atoms with Crippen molar-refractivity contribution in [2.45, 2.75) is 31.9 Å². The number of nitrogens with zero attached hydrogens (tertiary/aromatic N) is 1. The van der Waals surface area contributed by atoms with Crippen LogP contribution in [0.15, 0.2) is 24.3 Å². The molecule has 0 spiro atoms. The zero-order valence-corrected chi connectivity index (χ0v) is 11.3. The zero-order chi connectivity index (χ0) is 12.4. The number of benzene rings is 1. The van der Waals surface area contributed by atoms with E-state index in [4.69, 9.17) is 0 Å². The number of para-hydroxylation sites is 1. The number of hydrogen-bond donors (Lipinski definition) is 1. The first-order valence-corrected chi connectivity index (χ1v) is 6.70. The molecule has 0 radical (unpaired) electrons. The molecule has 2 nitrogen and oxygen atoms in total. The van der Waals surface area contributed by atoms with Crippen molar-refractivity contribution in [1.82, 2.24) is 0 Å². The van der Waals surface area contributed by atoms with Crippen molar-refractivity contribution in [3.8, 4) is 0 Å². The number of hydrogen-bond acceptors (Lipinski definition) is 2. The number of fused-ring (bicyclic) bond motifs is 1. The second-order valence-electron chi connectivity index (χ2n) is 4.91. The zero-order valence-electron chi connectivity index (χ0n) is 10.4. The minimum atomic E-state index is -0.207. The summed E-state index contributed by atoms with van der Waals surface area (Å²) in [5, 5.41) is -0.207. The summed E-state index contributed by atoms with van der Waals surface area (Å²) in [4.78, 5) is 14.3. The van der Waals surface area contributed by atoms with Gasteiger partial charge in [0.1, 0.15) is 0 Å². The maximum atomic E-state index is 12.4. The van der Waals surface area contributed by atoms with E-state index >= 15 is 0 Å². The fraction of sp³-hybridized carbons (Fsp3) is 0.500. The summed E-state index contributed by atoms with van der Waals surface area (Å²) in [6.45, 7) is 4.89. The van der Waals surface area contributed by atoms with Gasteiger partial charge in [0, 0.05) is 12.2 Å². The van der Waals surface area contributed by atoms with E-state index in [2.05, 4.69) is 18.7 Å². The Morgan fingerprint density at radius 2 is 2.06 bits per heavy atom. The summed E-state index contributed by atoms with van der Waals surface area (Å²) in [5.74, 6) is 0.399. The summed E-state index contributed by atoms with van der Waals surface area (Å²) >= 11 is 4.43. The van der Waals surface area contributed by atoms with Gasteiger partial charge in [-0.2, -0.15) is 12.6 Å². The van der Waals surface area contributed by atoms with Crippen LogP contribution in [0, 0.1) is 5.92 Å². The molecular formula is C14H19NOS. The van der Waals surface area contributed by atoms with Gasteiger partial charge in [0.25, 0.3) is 0 Å². The Balaban J connectivity index is 2.27. The minimum Gasteiger partial charge on any atom is -0.311 e. The fourth-order valence-corrected chi connectivity index (χ4v) is 2.35. The van der Waals surface area contributed by atoms with Gasteiger partial charge in [-0.05, 0) is 30.4 Å². The fourth-order valence-electron chi connectivity index (χ4n) is 2.21. The molecule has 0 fully saturated rings. The smallest absolute Gasteiger partial charge is 0.240 e. The summed E-state index contributed by atoms with van der Waals surface area (Å²) in [6.07, 6.45) is 2.11. The quantitative estimate of drug-likeness (QED) is 0.799. The molecular weight excluding hydrogens is 230 g/mol. The highest BCUT2D eigenvalue weighted by molar-refractivity contribution is 7.81. The van der Waals surface area contributed by atoms with Gasteiger partial charge in [0.2, 0.25) is 5.91 Å². The molecule has 1 aromatic rings. The summed E-state index contributed by atoms with van der Waals surface area (Å²) < 4.78 is 0. The van der Waals surface area contributed by atoms with Gasteiger partial charge in [0.05, 0.1) is 5.25 Å². The molecule has 0 N–H and O–H groups in total.